The summed E-state index contributed by atoms with van der Waals surface area (Å²) in [4.78, 5) is 13.8. The lowest BCUT2D eigenvalue weighted by Gasteiger charge is -2.45. The van der Waals surface area contributed by atoms with Gasteiger partial charge in [0.15, 0.2) is 0 Å². The molecule has 1 atom stereocenters. The number of amides is 1. The highest BCUT2D eigenvalue weighted by Crippen LogP contribution is 2.36. The zero-order valence-corrected chi connectivity index (χ0v) is 12.9. The number of hydrogen-bond acceptors (Lipinski definition) is 4. The number of rotatable bonds is 1. The Morgan fingerprint density at radius 1 is 1.35 bits per heavy atom. The molecule has 0 aromatic carbocycles. The second-order valence-electron chi connectivity index (χ2n) is 7.05. The minimum absolute atomic E-state index is 0.0792. The first kappa shape index (κ1) is 15.6. The van der Waals surface area contributed by atoms with E-state index in [9.17, 15) is 4.79 Å². The fourth-order valence-electron chi connectivity index (χ4n) is 2.88. The molecule has 2 saturated heterocycles. The SMILES string of the molecule is CC(C)(C)OC(=O)N1CCC2(CC[C@H](CO)CO2)CC1. The molecule has 0 unspecified atom stereocenters. The van der Waals surface area contributed by atoms with Crippen LogP contribution < -0.4 is 0 Å². The van der Waals surface area contributed by atoms with Crippen molar-refractivity contribution >= 4 is 6.09 Å². The quantitative estimate of drug-likeness (QED) is 0.802. The zero-order valence-electron chi connectivity index (χ0n) is 12.9. The third-order valence-electron chi connectivity index (χ3n) is 4.22. The van der Waals surface area contributed by atoms with Crippen LogP contribution in [0.5, 0.6) is 0 Å². The number of aliphatic hydroxyl groups is 1. The van der Waals surface area contributed by atoms with Gasteiger partial charge in [-0.25, -0.2) is 4.79 Å². The van der Waals surface area contributed by atoms with Gasteiger partial charge in [-0.1, -0.05) is 0 Å². The van der Waals surface area contributed by atoms with E-state index in [4.69, 9.17) is 14.6 Å². The maximum absolute atomic E-state index is 12.0. The van der Waals surface area contributed by atoms with Gasteiger partial charge in [0.25, 0.3) is 0 Å². The molecule has 2 fully saturated rings. The van der Waals surface area contributed by atoms with Crippen LogP contribution in [0.3, 0.4) is 0 Å². The Morgan fingerprint density at radius 2 is 2.00 bits per heavy atom. The second-order valence-corrected chi connectivity index (χ2v) is 7.05. The number of carbonyl (C=O) groups excluding carboxylic acids is 1. The number of piperidine rings is 1. The topological polar surface area (TPSA) is 59.0 Å². The van der Waals surface area contributed by atoms with E-state index >= 15 is 0 Å². The number of nitrogens with zero attached hydrogens (tertiary/aromatic N) is 1. The predicted molar refractivity (Wildman–Crippen MR) is 75.5 cm³/mol. The highest BCUT2D eigenvalue weighted by atomic mass is 16.6. The van der Waals surface area contributed by atoms with Gasteiger partial charge in [0.1, 0.15) is 5.60 Å². The van der Waals surface area contributed by atoms with E-state index in [1.807, 2.05) is 20.8 Å². The maximum atomic E-state index is 12.0. The van der Waals surface area contributed by atoms with Crippen LogP contribution in [0, 0.1) is 5.92 Å². The Balaban J connectivity index is 1.82. The van der Waals surface area contributed by atoms with Crippen LogP contribution in [-0.2, 0) is 9.47 Å². The van der Waals surface area contributed by atoms with Crippen molar-refractivity contribution in [3.8, 4) is 0 Å². The van der Waals surface area contributed by atoms with Gasteiger partial charge in [-0.3, -0.25) is 0 Å². The lowest BCUT2D eigenvalue weighted by atomic mass is 9.82. The van der Waals surface area contributed by atoms with Crippen molar-refractivity contribution in [2.75, 3.05) is 26.3 Å². The Bertz CT molecular complexity index is 332. The molecular formula is C15H27NO4. The molecule has 2 aliphatic rings. The fraction of sp³-hybridized carbons (Fsp3) is 0.933. The van der Waals surface area contributed by atoms with Gasteiger partial charge in [-0.05, 0) is 46.5 Å². The molecule has 2 rings (SSSR count). The molecule has 20 heavy (non-hydrogen) atoms. The van der Waals surface area contributed by atoms with Gasteiger partial charge in [0.2, 0.25) is 0 Å². The first-order valence-corrected chi connectivity index (χ1v) is 7.56. The normalized spacial score (nSPS) is 26.6. The Kier molecular flexibility index (Phi) is 4.59. The number of carbonyl (C=O) groups is 1. The van der Waals surface area contributed by atoms with Gasteiger partial charge in [0, 0.05) is 25.6 Å². The van der Waals surface area contributed by atoms with Crippen LogP contribution in [0.25, 0.3) is 0 Å². The van der Waals surface area contributed by atoms with Crippen molar-refractivity contribution in [3.63, 3.8) is 0 Å². The van der Waals surface area contributed by atoms with Crippen LogP contribution in [0.15, 0.2) is 0 Å². The van der Waals surface area contributed by atoms with Crippen LogP contribution in [0.2, 0.25) is 0 Å². The Morgan fingerprint density at radius 3 is 2.45 bits per heavy atom. The lowest BCUT2D eigenvalue weighted by molar-refractivity contribution is -0.133. The maximum Gasteiger partial charge on any atom is 0.410 e. The fourth-order valence-corrected chi connectivity index (χ4v) is 2.88. The summed E-state index contributed by atoms with van der Waals surface area (Å²) in [7, 11) is 0. The summed E-state index contributed by atoms with van der Waals surface area (Å²) < 4.78 is 11.4. The van der Waals surface area contributed by atoms with Gasteiger partial charge in [0.05, 0.1) is 12.2 Å². The molecule has 0 radical (unpaired) electrons. The highest BCUT2D eigenvalue weighted by Gasteiger charge is 2.40. The average Bonchev–Trinajstić information content (AvgIpc) is 2.38. The second kappa shape index (κ2) is 5.90. The summed E-state index contributed by atoms with van der Waals surface area (Å²) in [6.45, 7) is 7.89. The highest BCUT2D eigenvalue weighted by molar-refractivity contribution is 5.68. The molecule has 0 aromatic rings. The Labute approximate surface area is 121 Å². The monoisotopic (exact) mass is 285 g/mol. The van der Waals surface area contributed by atoms with Gasteiger partial charge in [-0.2, -0.15) is 0 Å². The lowest BCUT2D eigenvalue weighted by Crippen LogP contribution is -2.51. The third kappa shape index (κ3) is 3.85. The molecule has 1 N–H and O–H groups in total. The smallest absolute Gasteiger partial charge is 0.410 e. The molecule has 2 aliphatic heterocycles. The average molecular weight is 285 g/mol. The minimum Gasteiger partial charge on any atom is -0.444 e. The number of ether oxygens (including phenoxy) is 2. The van der Waals surface area contributed by atoms with Gasteiger partial charge in [-0.15, -0.1) is 0 Å². The number of likely N-dealkylation sites (tertiary alicyclic amines) is 1. The Hall–Kier alpha value is -0.810. The molecule has 5 nitrogen and oxygen atoms in total. The molecular weight excluding hydrogens is 258 g/mol. The van der Waals surface area contributed by atoms with E-state index in [-0.39, 0.29) is 24.2 Å². The molecule has 116 valence electrons. The summed E-state index contributed by atoms with van der Waals surface area (Å²) in [5.74, 6) is 0.282. The van der Waals surface area contributed by atoms with E-state index in [2.05, 4.69) is 0 Å². The molecule has 1 spiro atoms. The van der Waals surface area contributed by atoms with E-state index in [1.54, 1.807) is 4.90 Å². The molecule has 0 saturated carbocycles. The molecule has 2 heterocycles. The van der Waals surface area contributed by atoms with Crippen LogP contribution >= 0.6 is 0 Å². The van der Waals surface area contributed by atoms with E-state index < -0.39 is 5.60 Å². The summed E-state index contributed by atoms with van der Waals surface area (Å²) in [5, 5.41) is 9.15. The van der Waals surface area contributed by atoms with Gasteiger partial charge >= 0.3 is 6.09 Å². The van der Waals surface area contributed by atoms with E-state index in [0.29, 0.717) is 19.7 Å². The van der Waals surface area contributed by atoms with E-state index in [0.717, 1.165) is 25.7 Å². The van der Waals surface area contributed by atoms with Crippen molar-refractivity contribution in [2.45, 2.75) is 57.7 Å². The first-order chi connectivity index (χ1) is 9.34. The minimum atomic E-state index is -0.443. The summed E-state index contributed by atoms with van der Waals surface area (Å²) in [6, 6.07) is 0. The largest absolute Gasteiger partial charge is 0.444 e. The molecule has 1 amide bonds. The van der Waals surface area contributed by atoms with Crippen LogP contribution in [0.1, 0.15) is 46.5 Å². The van der Waals surface area contributed by atoms with Crippen LogP contribution in [-0.4, -0.2) is 53.6 Å². The summed E-state index contributed by atoms with van der Waals surface area (Å²) >= 11 is 0. The molecule has 5 heteroatoms. The van der Waals surface area contributed by atoms with Gasteiger partial charge < -0.3 is 19.5 Å². The number of hydrogen-bond donors (Lipinski definition) is 1. The molecule has 0 bridgehead atoms. The van der Waals surface area contributed by atoms with Crippen molar-refractivity contribution in [1.29, 1.82) is 0 Å². The predicted octanol–water partition coefficient (Wildman–Crippen LogP) is 2.17. The van der Waals surface area contributed by atoms with Crippen molar-refractivity contribution in [3.05, 3.63) is 0 Å². The summed E-state index contributed by atoms with van der Waals surface area (Å²) in [6.07, 6.45) is 3.51. The standard InChI is InChI=1S/C15H27NO4/c1-14(2,3)20-13(18)16-8-6-15(7-9-16)5-4-12(10-17)11-19-15/h12,17H,4-11H2,1-3H3/t12-/m1/s1. The zero-order chi connectivity index (χ0) is 14.8. The van der Waals surface area contributed by atoms with Crippen LogP contribution in [0.4, 0.5) is 4.79 Å². The van der Waals surface area contributed by atoms with E-state index in [1.165, 1.54) is 0 Å². The van der Waals surface area contributed by atoms with Crippen molar-refractivity contribution in [2.24, 2.45) is 5.92 Å². The number of aliphatic hydroxyl groups excluding tert-OH is 1. The molecule has 0 aromatic heterocycles. The first-order valence-electron chi connectivity index (χ1n) is 7.56. The van der Waals surface area contributed by atoms with Crippen molar-refractivity contribution in [1.82, 2.24) is 4.90 Å². The molecule has 0 aliphatic carbocycles. The summed E-state index contributed by atoms with van der Waals surface area (Å²) in [5.41, 5.74) is -0.522. The van der Waals surface area contributed by atoms with Crippen molar-refractivity contribution < 1.29 is 19.4 Å². The third-order valence-corrected chi connectivity index (χ3v) is 4.22.